The van der Waals surface area contributed by atoms with Crippen LogP contribution in [0.25, 0.3) is 0 Å². The summed E-state index contributed by atoms with van der Waals surface area (Å²) in [5.74, 6) is 2.29. The molecule has 0 radical (unpaired) electrons. The predicted octanol–water partition coefficient (Wildman–Crippen LogP) is 4.22. The van der Waals surface area contributed by atoms with Crippen molar-refractivity contribution < 1.29 is 4.74 Å². The third-order valence-electron chi connectivity index (χ3n) is 2.65. The van der Waals surface area contributed by atoms with Gasteiger partial charge in [0, 0.05) is 24.1 Å². The van der Waals surface area contributed by atoms with Gasteiger partial charge in [0.15, 0.2) is 0 Å². The van der Waals surface area contributed by atoms with Gasteiger partial charge < -0.3 is 10.1 Å². The van der Waals surface area contributed by atoms with Crippen LogP contribution in [0.2, 0.25) is 5.02 Å². The second-order valence-corrected chi connectivity index (χ2v) is 6.74. The van der Waals surface area contributed by atoms with Gasteiger partial charge in [-0.25, -0.2) is 9.97 Å². The molecular weight excluding hydrogens is 421 g/mol. The summed E-state index contributed by atoms with van der Waals surface area (Å²) >= 11 is 9.88. The molecule has 1 aromatic carbocycles. The topological polar surface area (TPSA) is 47.0 Å². The number of hydrogen-bond donors (Lipinski definition) is 1. The standard InChI is InChI=1S/C14H15ClIN3OS/c1-17-14-13(16)11(7-20-2)18-12(19-14)8-21-10-5-3-4-9(15)6-10/h3-6H,7-8H2,1-2H3,(H,17,18,19). The second-order valence-electron chi connectivity index (χ2n) is 4.18. The number of methoxy groups -OCH3 is 1. The maximum atomic E-state index is 5.99. The van der Waals surface area contributed by atoms with E-state index in [9.17, 15) is 0 Å². The number of aromatic nitrogens is 2. The molecule has 0 amide bonds. The number of anilines is 1. The van der Waals surface area contributed by atoms with Crippen LogP contribution in [0.3, 0.4) is 0 Å². The van der Waals surface area contributed by atoms with Crippen LogP contribution < -0.4 is 5.32 Å². The van der Waals surface area contributed by atoms with Gasteiger partial charge in [0.2, 0.25) is 0 Å². The van der Waals surface area contributed by atoms with Crippen molar-refractivity contribution in [1.82, 2.24) is 9.97 Å². The van der Waals surface area contributed by atoms with E-state index in [1.54, 1.807) is 18.9 Å². The van der Waals surface area contributed by atoms with Gasteiger partial charge >= 0.3 is 0 Å². The quantitative estimate of drug-likeness (QED) is 0.544. The Labute approximate surface area is 147 Å². The summed E-state index contributed by atoms with van der Waals surface area (Å²) in [6.45, 7) is 0.476. The van der Waals surface area contributed by atoms with Crippen molar-refractivity contribution in [2.45, 2.75) is 17.3 Å². The Bertz CT molecular complexity index is 627. The van der Waals surface area contributed by atoms with Gasteiger partial charge in [-0.05, 0) is 40.8 Å². The molecule has 1 N–H and O–H groups in total. The highest BCUT2D eigenvalue weighted by molar-refractivity contribution is 14.1. The molecule has 0 atom stereocenters. The van der Waals surface area contributed by atoms with E-state index in [4.69, 9.17) is 16.3 Å². The molecule has 1 heterocycles. The average Bonchev–Trinajstić information content (AvgIpc) is 2.48. The van der Waals surface area contributed by atoms with E-state index in [-0.39, 0.29) is 0 Å². The molecule has 0 unspecified atom stereocenters. The van der Waals surface area contributed by atoms with Crippen LogP contribution in [0.1, 0.15) is 11.5 Å². The fraction of sp³-hybridized carbons (Fsp3) is 0.286. The van der Waals surface area contributed by atoms with E-state index >= 15 is 0 Å². The molecule has 2 aromatic rings. The van der Waals surface area contributed by atoms with Crippen molar-refractivity contribution in [1.29, 1.82) is 0 Å². The highest BCUT2D eigenvalue weighted by Crippen LogP contribution is 2.26. The molecule has 0 aliphatic carbocycles. The Morgan fingerprint density at radius 1 is 1.38 bits per heavy atom. The normalized spacial score (nSPS) is 10.7. The molecule has 112 valence electrons. The molecule has 21 heavy (non-hydrogen) atoms. The summed E-state index contributed by atoms with van der Waals surface area (Å²) in [5, 5.41) is 3.83. The first-order chi connectivity index (χ1) is 10.1. The Hall–Kier alpha value is -0.570. The van der Waals surface area contributed by atoms with Gasteiger partial charge in [-0.3, -0.25) is 0 Å². The first-order valence-electron chi connectivity index (χ1n) is 6.24. The van der Waals surface area contributed by atoms with Gasteiger partial charge in [0.1, 0.15) is 11.6 Å². The fourth-order valence-electron chi connectivity index (χ4n) is 1.71. The lowest BCUT2D eigenvalue weighted by Gasteiger charge is -2.10. The maximum absolute atomic E-state index is 5.99. The molecule has 2 rings (SSSR count). The molecule has 0 saturated heterocycles. The van der Waals surface area contributed by atoms with Crippen molar-refractivity contribution in [2.75, 3.05) is 19.5 Å². The largest absolute Gasteiger partial charge is 0.378 e. The third-order valence-corrected chi connectivity index (χ3v) is 5.01. The molecule has 0 aliphatic heterocycles. The van der Waals surface area contributed by atoms with Crippen LogP contribution in [0.5, 0.6) is 0 Å². The number of halogens is 2. The van der Waals surface area contributed by atoms with Crippen molar-refractivity contribution in [3.8, 4) is 0 Å². The fourth-order valence-corrected chi connectivity index (χ4v) is 3.44. The lowest BCUT2D eigenvalue weighted by atomic mass is 10.4. The smallest absolute Gasteiger partial charge is 0.143 e. The number of nitrogens with one attached hydrogen (secondary N) is 1. The summed E-state index contributed by atoms with van der Waals surface area (Å²) in [6, 6.07) is 7.77. The van der Waals surface area contributed by atoms with E-state index in [0.29, 0.717) is 12.4 Å². The molecular formula is C14H15ClIN3OS. The summed E-state index contributed by atoms with van der Waals surface area (Å²) in [4.78, 5) is 10.2. The minimum Gasteiger partial charge on any atom is -0.378 e. The number of rotatable bonds is 6. The SMILES string of the molecule is CNc1nc(CSc2cccc(Cl)c2)nc(COC)c1I. The molecule has 7 heteroatoms. The first-order valence-corrected chi connectivity index (χ1v) is 8.68. The number of hydrogen-bond acceptors (Lipinski definition) is 5. The van der Waals surface area contributed by atoms with Crippen LogP contribution in [0.4, 0.5) is 5.82 Å². The van der Waals surface area contributed by atoms with Gasteiger partial charge in [0.05, 0.1) is 21.6 Å². The molecule has 0 fully saturated rings. The van der Waals surface area contributed by atoms with Crippen LogP contribution >= 0.6 is 46.0 Å². The number of ether oxygens (including phenoxy) is 1. The lowest BCUT2D eigenvalue weighted by molar-refractivity contribution is 0.180. The highest BCUT2D eigenvalue weighted by Gasteiger charge is 2.11. The minimum absolute atomic E-state index is 0.476. The summed E-state index contributed by atoms with van der Waals surface area (Å²) in [5.41, 5.74) is 0.902. The van der Waals surface area contributed by atoms with E-state index < -0.39 is 0 Å². The summed E-state index contributed by atoms with van der Waals surface area (Å²) < 4.78 is 6.19. The summed E-state index contributed by atoms with van der Waals surface area (Å²) in [6.07, 6.45) is 0. The molecule has 1 aromatic heterocycles. The molecule has 4 nitrogen and oxygen atoms in total. The average molecular weight is 436 g/mol. The zero-order chi connectivity index (χ0) is 15.2. The Kier molecular flexibility index (Phi) is 6.53. The van der Waals surface area contributed by atoms with Gasteiger partial charge in [-0.2, -0.15) is 0 Å². The monoisotopic (exact) mass is 435 g/mol. The Morgan fingerprint density at radius 2 is 2.19 bits per heavy atom. The van der Waals surface area contributed by atoms with E-state index in [0.717, 1.165) is 30.8 Å². The Balaban J connectivity index is 2.17. The van der Waals surface area contributed by atoms with Gasteiger partial charge in [-0.1, -0.05) is 17.7 Å². The van der Waals surface area contributed by atoms with Gasteiger partial charge in [0.25, 0.3) is 0 Å². The molecule has 0 aliphatic rings. The van der Waals surface area contributed by atoms with E-state index in [1.165, 1.54) is 0 Å². The van der Waals surface area contributed by atoms with Crippen molar-refractivity contribution >= 4 is 51.8 Å². The maximum Gasteiger partial charge on any atom is 0.143 e. The highest BCUT2D eigenvalue weighted by atomic mass is 127. The molecule has 0 saturated carbocycles. The first kappa shape index (κ1) is 16.8. The van der Waals surface area contributed by atoms with Crippen LogP contribution in [-0.4, -0.2) is 24.1 Å². The number of nitrogens with zero attached hydrogens (tertiary/aromatic N) is 2. The third kappa shape index (κ3) is 4.70. The van der Waals surface area contributed by atoms with Crippen molar-refractivity contribution in [3.05, 3.63) is 44.4 Å². The van der Waals surface area contributed by atoms with E-state index in [1.807, 2.05) is 31.3 Å². The van der Waals surface area contributed by atoms with Crippen molar-refractivity contribution in [3.63, 3.8) is 0 Å². The summed E-state index contributed by atoms with van der Waals surface area (Å²) in [7, 11) is 3.52. The second kappa shape index (κ2) is 8.17. The number of benzene rings is 1. The van der Waals surface area contributed by atoms with Gasteiger partial charge in [-0.15, -0.1) is 11.8 Å². The van der Waals surface area contributed by atoms with E-state index in [2.05, 4.69) is 37.9 Å². The van der Waals surface area contributed by atoms with Crippen LogP contribution in [0, 0.1) is 3.57 Å². The zero-order valence-corrected chi connectivity index (χ0v) is 15.4. The van der Waals surface area contributed by atoms with Crippen LogP contribution in [0.15, 0.2) is 29.2 Å². The Morgan fingerprint density at radius 3 is 2.86 bits per heavy atom. The van der Waals surface area contributed by atoms with Crippen LogP contribution in [-0.2, 0) is 17.1 Å². The lowest BCUT2D eigenvalue weighted by Crippen LogP contribution is -2.07. The zero-order valence-electron chi connectivity index (χ0n) is 11.7. The van der Waals surface area contributed by atoms with Crippen molar-refractivity contribution in [2.24, 2.45) is 0 Å². The predicted molar refractivity (Wildman–Crippen MR) is 96.0 cm³/mol. The molecule has 0 spiro atoms. The number of thioether (sulfide) groups is 1. The molecule has 0 bridgehead atoms. The minimum atomic E-state index is 0.476.